The van der Waals surface area contributed by atoms with E-state index in [1.54, 1.807) is 18.5 Å². The molecule has 0 saturated carbocycles. The average molecular weight is 412 g/mol. The van der Waals surface area contributed by atoms with Crippen LogP contribution in [0.5, 0.6) is 0 Å². The Kier molecular flexibility index (Phi) is 3.99. The summed E-state index contributed by atoms with van der Waals surface area (Å²) >= 11 is 6.19. The zero-order valence-electron chi connectivity index (χ0n) is 14.9. The molecule has 0 bridgehead atoms. The molecule has 7 nitrogen and oxygen atoms in total. The molecule has 10 heteroatoms. The van der Waals surface area contributed by atoms with E-state index in [0.29, 0.717) is 28.4 Å². The van der Waals surface area contributed by atoms with Crippen molar-refractivity contribution >= 4 is 40.7 Å². The van der Waals surface area contributed by atoms with Crippen LogP contribution in [0.2, 0.25) is 5.15 Å². The molecule has 0 aliphatic carbocycles. The van der Waals surface area contributed by atoms with Crippen LogP contribution in [0, 0.1) is 11.6 Å². The van der Waals surface area contributed by atoms with Crippen molar-refractivity contribution in [3.63, 3.8) is 0 Å². The number of halogens is 3. The second-order valence-electron chi connectivity index (χ2n) is 6.46. The molecule has 2 aromatic heterocycles. The predicted molar refractivity (Wildman–Crippen MR) is 107 cm³/mol. The van der Waals surface area contributed by atoms with Gasteiger partial charge < -0.3 is 5.32 Å². The molecule has 0 fully saturated rings. The number of aromatic nitrogens is 3. The molecular formula is C19H12ClF2N7. The summed E-state index contributed by atoms with van der Waals surface area (Å²) < 4.78 is 28.8. The van der Waals surface area contributed by atoms with Gasteiger partial charge in [0.05, 0.1) is 35.1 Å². The van der Waals surface area contributed by atoms with Crippen LogP contribution in [0.15, 0.2) is 45.4 Å². The number of aromatic amines is 1. The molecule has 3 aromatic rings. The highest BCUT2D eigenvalue weighted by Crippen LogP contribution is 2.41. The first-order chi connectivity index (χ1) is 14.0. The summed E-state index contributed by atoms with van der Waals surface area (Å²) in [6.07, 6.45) is 3.03. The summed E-state index contributed by atoms with van der Waals surface area (Å²) in [4.78, 5) is 17.4. The second-order valence-corrected chi connectivity index (χ2v) is 6.82. The van der Waals surface area contributed by atoms with E-state index in [1.807, 2.05) is 6.92 Å². The molecule has 0 saturated heterocycles. The van der Waals surface area contributed by atoms with Crippen LogP contribution >= 0.6 is 11.6 Å². The van der Waals surface area contributed by atoms with Crippen LogP contribution in [-0.4, -0.2) is 39.1 Å². The Hall–Kier alpha value is -3.46. The van der Waals surface area contributed by atoms with Gasteiger partial charge in [-0.05, 0) is 25.1 Å². The molecule has 29 heavy (non-hydrogen) atoms. The van der Waals surface area contributed by atoms with E-state index in [2.05, 4.69) is 35.5 Å². The van der Waals surface area contributed by atoms with Crippen molar-refractivity contribution in [1.29, 1.82) is 0 Å². The Morgan fingerprint density at radius 1 is 1.17 bits per heavy atom. The second kappa shape index (κ2) is 6.56. The van der Waals surface area contributed by atoms with Gasteiger partial charge in [0, 0.05) is 5.56 Å². The quantitative estimate of drug-likeness (QED) is 0.664. The first kappa shape index (κ1) is 17.6. The zero-order chi connectivity index (χ0) is 20.1. The number of hydrogen-bond acceptors (Lipinski definition) is 6. The third kappa shape index (κ3) is 2.90. The highest BCUT2D eigenvalue weighted by atomic mass is 35.5. The van der Waals surface area contributed by atoms with E-state index in [1.165, 1.54) is 6.07 Å². The van der Waals surface area contributed by atoms with Crippen LogP contribution in [0.3, 0.4) is 0 Å². The minimum absolute atomic E-state index is 0.0353. The van der Waals surface area contributed by atoms with Gasteiger partial charge in [-0.2, -0.15) is 5.10 Å². The SMILES string of the molecule is CC1N=CC(c2cc3c(cn2)NC(c2c(F)cccc2F)=Nc2c(Cl)n[nH]c2-3)=N1. The van der Waals surface area contributed by atoms with Gasteiger partial charge in [-0.15, -0.1) is 0 Å². The molecule has 0 radical (unpaired) electrons. The van der Waals surface area contributed by atoms with Crippen molar-refractivity contribution < 1.29 is 8.78 Å². The van der Waals surface area contributed by atoms with E-state index in [-0.39, 0.29) is 28.4 Å². The molecule has 5 rings (SSSR count). The summed E-state index contributed by atoms with van der Waals surface area (Å²) in [6, 6.07) is 5.38. The monoisotopic (exact) mass is 411 g/mol. The fourth-order valence-corrected chi connectivity index (χ4v) is 3.37. The minimum atomic E-state index is -0.754. The van der Waals surface area contributed by atoms with Crippen molar-refractivity contribution in [2.24, 2.45) is 15.0 Å². The summed E-state index contributed by atoms with van der Waals surface area (Å²) in [7, 11) is 0. The minimum Gasteiger partial charge on any atom is -0.338 e. The lowest BCUT2D eigenvalue weighted by atomic mass is 10.1. The van der Waals surface area contributed by atoms with Gasteiger partial charge in [0.2, 0.25) is 0 Å². The lowest BCUT2D eigenvalue weighted by Crippen LogP contribution is -2.17. The molecular weight excluding hydrogens is 400 g/mol. The first-order valence-electron chi connectivity index (χ1n) is 8.67. The number of pyridine rings is 1. The number of nitrogens with zero attached hydrogens (tertiary/aromatic N) is 5. The predicted octanol–water partition coefficient (Wildman–Crippen LogP) is 4.13. The Labute approximate surface area is 168 Å². The molecule has 4 heterocycles. The largest absolute Gasteiger partial charge is 0.338 e. The summed E-state index contributed by atoms with van der Waals surface area (Å²) in [5, 5.41) is 9.88. The number of rotatable bonds is 2. The lowest BCUT2D eigenvalue weighted by Gasteiger charge is -2.12. The average Bonchev–Trinajstić information content (AvgIpc) is 3.24. The van der Waals surface area contributed by atoms with Crippen molar-refractivity contribution in [1.82, 2.24) is 15.2 Å². The topological polar surface area (TPSA) is 90.7 Å². The molecule has 0 amide bonds. The van der Waals surface area contributed by atoms with E-state index >= 15 is 0 Å². The Bertz CT molecular complexity index is 1230. The Balaban J connectivity index is 1.70. The molecule has 1 unspecified atom stereocenters. The van der Waals surface area contributed by atoms with Crippen molar-refractivity contribution in [3.8, 4) is 11.3 Å². The fraction of sp³-hybridized carbons (Fsp3) is 0.105. The number of benzene rings is 1. The van der Waals surface area contributed by atoms with Crippen molar-refractivity contribution in [3.05, 3.63) is 58.5 Å². The number of anilines is 1. The number of nitrogens with one attached hydrogen (secondary N) is 2. The fourth-order valence-electron chi connectivity index (χ4n) is 3.19. The van der Waals surface area contributed by atoms with Gasteiger partial charge in [-0.3, -0.25) is 20.1 Å². The van der Waals surface area contributed by atoms with Gasteiger partial charge in [0.25, 0.3) is 0 Å². The summed E-state index contributed by atoms with van der Waals surface area (Å²) in [6.45, 7) is 1.87. The maximum Gasteiger partial charge on any atom is 0.177 e. The van der Waals surface area contributed by atoms with E-state index in [0.717, 1.165) is 12.1 Å². The summed E-state index contributed by atoms with van der Waals surface area (Å²) in [5.41, 5.74) is 2.82. The van der Waals surface area contributed by atoms with Crippen LogP contribution in [0.4, 0.5) is 20.2 Å². The van der Waals surface area contributed by atoms with Crippen LogP contribution < -0.4 is 5.32 Å². The number of fused-ring (bicyclic) bond motifs is 3. The number of aliphatic imine (C=N–C) groups is 3. The van der Waals surface area contributed by atoms with Crippen molar-refractivity contribution in [2.45, 2.75) is 13.1 Å². The van der Waals surface area contributed by atoms with Crippen molar-refractivity contribution in [2.75, 3.05) is 5.32 Å². The molecule has 1 atom stereocenters. The summed E-state index contributed by atoms with van der Waals surface area (Å²) in [5.74, 6) is -1.54. The first-order valence-corrected chi connectivity index (χ1v) is 9.05. The van der Waals surface area contributed by atoms with Gasteiger partial charge in [-0.25, -0.2) is 13.8 Å². The molecule has 0 spiro atoms. The van der Waals surface area contributed by atoms with E-state index in [4.69, 9.17) is 11.6 Å². The molecule has 144 valence electrons. The van der Waals surface area contributed by atoms with Crippen LogP contribution in [0.25, 0.3) is 11.3 Å². The molecule has 2 aliphatic heterocycles. The van der Waals surface area contributed by atoms with Gasteiger partial charge >= 0.3 is 0 Å². The molecule has 1 aromatic carbocycles. The third-order valence-corrected chi connectivity index (χ3v) is 4.81. The smallest absolute Gasteiger partial charge is 0.177 e. The number of hydrogen-bond donors (Lipinski definition) is 2. The van der Waals surface area contributed by atoms with Gasteiger partial charge in [0.15, 0.2) is 5.15 Å². The normalized spacial score (nSPS) is 17.2. The van der Waals surface area contributed by atoms with Crippen LogP contribution in [0.1, 0.15) is 18.2 Å². The lowest BCUT2D eigenvalue weighted by molar-refractivity contribution is 0.579. The number of amidine groups is 1. The highest BCUT2D eigenvalue weighted by molar-refractivity contribution is 6.39. The maximum atomic E-state index is 14.4. The molecule has 2 N–H and O–H groups in total. The molecule has 2 aliphatic rings. The third-order valence-electron chi connectivity index (χ3n) is 4.55. The van der Waals surface area contributed by atoms with E-state index in [9.17, 15) is 8.78 Å². The Morgan fingerprint density at radius 2 is 1.97 bits per heavy atom. The Morgan fingerprint density at radius 3 is 2.69 bits per heavy atom. The van der Waals surface area contributed by atoms with Crippen LogP contribution in [-0.2, 0) is 0 Å². The van der Waals surface area contributed by atoms with E-state index < -0.39 is 11.6 Å². The maximum absolute atomic E-state index is 14.4. The van der Waals surface area contributed by atoms with Gasteiger partial charge in [0.1, 0.15) is 35.0 Å². The zero-order valence-corrected chi connectivity index (χ0v) is 15.7. The van der Waals surface area contributed by atoms with Gasteiger partial charge in [-0.1, -0.05) is 17.7 Å². The number of H-pyrrole nitrogens is 1. The standard InChI is InChI=1S/C19H12ClF2N7/c1-8-23-7-14(25-8)12-5-9-13(6-24-12)26-19(15-10(21)3-2-4-11(15)22)27-17-16(9)28-29-18(17)20/h2-8H,1H3,(H,26,27)(H,28,29). The highest BCUT2D eigenvalue weighted by Gasteiger charge is 2.26.